The van der Waals surface area contributed by atoms with Crippen molar-refractivity contribution in [3.8, 4) is 17.1 Å². The molecule has 0 aliphatic carbocycles. The van der Waals surface area contributed by atoms with Gasteiger partial charge in [-0.3, -0.25) is 9.48 Å². The monoisotopic (exact) mass is 427 g/mol. The Kier molecular flexibility index (Phi) is 4.56. The third-order valence-electron chi connectivity index (χ3n) is 6.35. The highest BCUT2D eigenvalue weighted by Crippen LogP contribution is 2.45. The third-order valence-corrected chi connectivity index (χ3v) is 6.35. The Bertz CT molecular complexity index is 1160. The topological polar surface area (TPSA) is 65.2 Å². The minimum absolute atomic E-state index is 0.0231. The molecule has 3 aromatic rings. The number of carbonyl (C=O) groups excluding carboxylic acids is 1. The molecule has 2 atom stereocenters. The first kappa shape index (κ1) is 19.7. The van der Waals surface area contributed by atoms with Crippen LogP contribution in [0.5, 0.6) is 5.88 Å². The average Bonchev–Trinajstić information content (AvgIpc) is 3.25. The summed E-state index contributed by atoms with van der Waals surface area (Å²) in [7, 11) is 5.02. The summed E-state index contributed by atoms with van der Waals surface area (Å²) in [6, 6.07) is 3.30. The second-order valence-electron chi connectivity index (χ2n) is 8.20. The van der Waals surface area contributed by atoms with Gasteiger partial charge in [-0.15, -0.1) is 0 Å². The number of fused-ring (bicyclic) bond motifs is 4. The molecule has 2 aliphatic rings. The lowest BCUT2D eigenvalue weighted by Gasteiger charge is -2.45. The van der Waals surface area contributed by atoms with Crippen LogP contribution >= 0.6 is 0 Å². The number of ether oxygens (including phenoxy) is 1. The second kappa shape index (κ2) is 7.18. The van der Waals surface area contributed by atoms with E-state index in [0.717, 1.165) is 36.6 Å². The van der Waals surface area contributed by atoms with Crippen LogP contribution in [-0.2, 0) is 20.5 Å². The Hall–Kier alpha value is -3.23. The fraction of sp³-hybridized carbons (Fsp3) is 0.409. The Morgan fingerprint density at radius 3 is 2.58 bits per heavy atom. The van der Waals surface area contributed by atoms with Gasteiger partial charge in [-0.25, -0.2) is 13.5 Å². The van der Waals surface area contributed by atoms with Gasteiger partial charge in [0.2, 0.25) is 5.88 Å². The molecular weight excluding hydrogens is 404 g/mol. The molecule has 2 aliphatic heterocycles. The number of hydrogen-bond acceptors (Lipinski definition) is 4. The van der Waals surface area contributed by atoms with Gasteiger partial charge < -0.3 is 9.64 Å². The van der Waals surface area contributed by atoms with Crippen molar-refractivity contribution in [2.45, 2.75) is 37.8 Å². The number of amides is 1. The number of piperidine rings is 1. The number of methoxy groups -OCH3 is 1. The highest BCUT2D eigenvalue weighted by Gasteiger charge is 2.44. The Morgan fingerprint density at radius 2 is 1.87 bits per heavy atom. The highest BCUT2D eigenvalue weighted by atomic mass is 19.1. The predicted molar refractivity (Wildman–Crippen MR) is 109 cm³/mol. The van der Waals surface area contributed by atoms with E-state index in [2.05, 4.69) is 5.10 Å². The SMILES string of the molecule is COc1c(C(=O)N2[C@@H]3CCC[C@H]2c2nn(C)c(-c4cc(F)cc(F)c4)c2C3)cnn1C. The zero-order valence-corrected chi connectivity index (χ0v) is 17.6. The van der Waals surface area contributed by atoms with Crippen LogP contribution in [0, 0.1) is 11.6 Å². The molecule has 2 bridgehead atoms. The van der Waals surface area contributed by atoms with Crippen LogP contribution in [0.15, 0.2) is 24.4 Å². The molecule has 7 nitrogen and oxygen atoms in total. The molecule has 1 fully saturated rings. The standard InChI is InChI=1S/C22H23F2N5O2/c1-27-20(12-7-13(23)9-14(24)8-12)16-10-15-5-4-6-18(19(16)26-27)29(15)21(30)17-11-25-28(2)22(17)31-3/h7-9,11,15,18H,4-6,10H2,1-3H3/t15-,18+/m1/s1. The number of rotatable bonds is 3. The molecule has 0 N–H and O–H groups in total. The minimum atomic E-state index is -0.624. The molecule has 1 aromatic carbocycles. The van der Waals surface area contributed by atoms with Gasteiger partial charge in [0.25, 0.3) is 5.91 Å². The molecule has 162 valence electrons. The molecule has 9 heteroatoms. The molecular formula is C22H23F2N5O2. The van der Waals surface area contributed by atoms with Crippen LogP contribution in [0.4, 0.5) is 8.78 Å². The molecule has 1 saturated heterocycles. The number of aromatic nitrogens is 4. The summed E-state index contributed by atoms with van der Waals surface area (Å²) < 4.78 is 36.4. The second-order valence-corrected chi connectivity index (χ2v) is 8.20. The van der Waals surface area contributed by atoms with Gasteiger partial charge in [0.05, 0.1) is 30.7 Å². The minimum Gasteiger partial charge on any atom is -0.481 e. The number of carbonyl (C=O) groups is 1. The molecule has 1 amide bonds. The highest BCUT2D eigenvalue weighted by molar-refractivity contribution is 5.97. The van der Waals surface area contributed by atoms with Crippen molar-refractivity contribution in [2.75, 3.05) is 7.11 Å². The van der Waals surface area contributed by atoms with Crippen LogP contribution in [0.2, 0.25) is 0 Å². The van der Waals surface area contributed by atoms with E-state index < -0.39 is 11.6 Å². The number of benzene rings is 1. The number of halogens is 2. The molecule has 0 radical (unpaired) electrons. The summed E-state index contributed by atoms with van der Waals surface area (Å²) in [5, 5.41) is 8.88. The van der Waals surface area contributed by atoms with Gasteiger partial charge in [0.1, 0.15) is 17.2 Å². The maximum absolute atomic E-state index is 13.9. The van der Waals surface area contributed by atoms with E-state index >= 15 is 0 Å². The quantitative estimate of drug-likeness (QED) is 0.643. The molecule has 4 heterocycles. The smallest absolute Gasteiger partial charge is 0.261 e. The molecule has 2 aromatic heterocycles. The van der Waals surface area contributed by atoms with E-state index in [0.29, 0.717) is 29.1 Å². The van der Waals surface area contributed by atoms with E-state index in [4.69, 9.17) is 9.84 Å². The third kappa shape index (κ3) is 3.02. The summed E-state index contributed by atoms with van der Waals surface area (Å²) >= 11 is 0. The summed E-state index contributed by atoms with van der Waals surface area (Å²) in [4.78, 5) is 15.4. The van der Waals surface area contributed by atoms with Gasteiger partial charge in [0.15, 0.2) is 0 Å². The lowest BCUT2D eigenvalue weighted by atomic mass is 9.81. The van der Waals surface area contributed by atoms with E-state index in [1.807, 2.05) is 4.90 Å². The first-order valence-electron chi connectivity index (χ1n) is 10.3. The van der Waals surface area contributed by atoms with Crippen LogP contribution in [-0.4, -0.2) is 43.5 Å². The fourth-order valence-corrected chi connectivity index (χ4v) is 5.15. The Labute approximate surface area is 178 Å². The van der Waals surface area contributed by atoms with Crippen LogP contribution in [0.1, 0.15) is 46.9 Å². The summed E-state index contributed by atoms with van der Waals surface area (Å²) in [6.45, 7) is 0. The van der Waals surface area contributed by atoms with Crippen molar-refractivity contribution in [3.05, 3.63) is 52.9 Å². The lowest BCUT2D eigenvalue weighted by molar-refractivity contribution is 0.0388. The van der Waals surface area contributed by atoms with Crippen LogP contribution in [0.25, 0.3) is 11.3 Å². The Morgan fingerprint density at radius 1 is 1.13 bits per heavy atom. The van der Waals surface area contributed by atoms with E-state index in [1.54, 1.807) is 18.8 Å². The number of hydrogen-bond donors (Lipinski definition) is 0. The fourth-order valence-electron chi connectivity index (χ4n) is 5.15. The molecule has 31 heavy (non-hydrogen) atoms. The molecule has 0 unspecified atom stereocenters. The molecule has 5 rings (SSSR count). The zero-order valence-electron chi connectivity index (χ0n) is 17.6. The number of nitrogens with zero attached hydrogens (tertiary/aromatic N) is 5. The van der Waals surface area contributed by atoms with Crippen molar-refractivity contribution in [1.82, 2.24) is 24.5 Å². The summed E-state index contributed by atoms with van der Waals surface area (Å²) in [5.41, 5.74) is 3.35. The van der Waals surface area contributed by atoms with E-state index in [-0.39, 0.29) is 18.0 Å². The van der Waals surface area contributed by atoms with Gasteiger partial charge in [-0.05, 0) is 37.8 Å². The Balaban J connectivity index is 1.59. The van der Waals surface area contributed by atoms with Crippen LogP contribution in [0.3, 0.4) is 0 Å². The molecule has 0 saturated carbocycles. The first-order chi connectivity index (χ1) is 14.9. The summed E-state index contributed by atoms with van der Waals surface area (Å²) in [6.07, 6.45) is 4.75. The largest absolute Gasteiger partial charge is 0.481 e. The average molecular weight is 427 g/mol. The van der Waals surface area contributed by atoms with Crippen molar-refractivity contribution in [2.24, 2.45) is 14.1 Å². The van der Waals surface area contributed by atoms with Gasteiger partial charge in [-0.2, -0.15) is 10.2 Å². The van der Waals surface area contributed by atoms with Crippen molar-refractivity contribution in [3.63, 3.8) is 0 Å². The van der Waals surface area contributed by atoms with Crippen LogP contribution < -0.4 is 4.74 Å². The normalized spacial score (nSPS) is 20.0. The van der Waals surface area contributed by atoms with E-state index in [9.17, 15) is 13.6 Å². The van der Waals surface area contributed by atoms with Gasteiger partial charge in [0, 0.05) is 37.3 Å². The lowest BCUT2D eigenvalue weighted by Crippen LogP contribution is -2.49. The predicted octanol–water partition coefficient (Wildman–Crippen LogP) is 3.40. The maximum Gasteiger partial charge on any atom is 0.261 e. The van der Waals surface area contributed by atoms with Crippen molar-refractivity contribution in [1.29, 1.82) is 0 Å². The zero-order chi connectivity index (χ0) is 21.9. The van der Waals surface area contributed by atoms with Crippen molar-refractivity contribution >= 4 is 5.91 Å². The molecule has 0 spiro atoms. The first-order valence-corrected chi connectivity index (χ1v) is 10.3. The maximum atomic E-state index is 13.9. The van der Waals surface area contributed by atoms with E-state index in [1.165, 1.54) is 30.1 Å². The van der Waals surface area contributed by atoms with Crippen molar-refractivity contribution < 1.29 is 18.3 Å². The van der Waals surface area contributed by atoms with Gasteiger partial charge in [-0.1, -0.05) is 0 Å². The van der Waals surface area contributed by atoms with Gasteiger partial charge >= 0.3 is 0 Å². The summed E-state index contributed by atoms with van der Waals surface area (Å²) in [5.74, 6) is -0.956. The number of aryl methyl sites for hydroxylation is 2.